The molecule has 0 aliphatic carbocycles. The monoisotopic (exact) mass is 291 g/mol. The first-order valence-corrected chi connectivity index (χ1v) is 7.02. The van der Waals surface area contributed by atoms with Crippen LogP contribution in [0, 0.1) is 10.1 Å². The maximum atomic E-state index is 11.9. The highest BCUT2D eigenvalue weighted by atomic mass is 35.5. The molecular formula is C10H10ClNO5S. The molecule has 6 nitrogen and oxygen atoms in total. The molecule has 0 aromatic heterocycles. The number of nitrogens with zero attached hydrogens (tertiary/aromatic N) is 1. The number of nitro groups is 1. The lowest BCUT2D eigenvalue weighted by Crippen LogP contribution is -2.37. The molecule has 1 atom stereocenters. The fourth-order valence-electron chi connectivity index (χ4n) is 1.16. The lowest BCUT2D eigenvalue weighted by Gasteiger charge is -2.18. The van der Waals surface area contributed by atoms with Crippen molar-refractivity contribution in [3.8, 4) is 0 Å². The van der Waals surface area contributed by atoms with Crippen LogP contribution in [0.25, 0.3) is 0 Å². The van der Waals surface area contributed by atoms with Crippen LogP contribution in [0.5, 0.6) is 0 Å². The third-order valence-electron chi connectivity index (χ3n) is 2.44. The topological polar surface area (TPSA) is 94.3 Å². The number of halogens is 1. The van der Waals surface area contributed by atoms with Crippen molar-refractivity contribution in [2.75, 3.05) is 6.26 Å². The number of benzene rings is 1. The predicted octanol–water partition coefficient (Wildman–Crippen LogP) is 1.78. The molecule has 0 heterocycles. The van der Waals surface area contributed by atoms with Gasteiger partial charge in [-0.2, -0.15) is 0 Å². The van der Waals surface area contributed by atoms with Gasteiger partial charge in [0.1, 0.15) is 0 Å². The number of carbonyl (C=O) groups excluding carboxylic acids is 1. The number of carbonyl (C=O) groups is 1. The molecule has 1 rings (SSSR count). The Labute approximate surface area is 109 Å². The Morgan fingerprint density at radius 2 is 1.78 bits per heavy atom. The highest BCUT2D eigenvalue weighted by Gasteiger charge is 2.41. The van der Waals surface area contributed by atoms with Gasteiger partial charge in [0.2, 0.25) is 4.21 Å². The molecule has 0 saturated heterocycles. The summed E-state index contributed by atoms with van der Waals surface area (Å²) in [4.78, 5) is 21.7. The Bertz CT molecular complexity index is 591. The number of hydrogen-bond acceptors (Lipinski definition) is 5. The van der Waals surface area contributed by atoms with Gasteiger partial charge < -0.3 is 0 Å². The first kappa shape index (κ1) is 14.6. The summed E-state index contributed by atoms with van der Waals surface area (Å²) >= 11 is 5.73. The van der Waals surface area contributed by atoms with E-state index in [0.29, 0.717) is 0 Å². The van der Waals surface area contributed by atoms with Crippen molar-refractivity contribution in [2.45, 2.75) is 11.1 Å². The number of alkyl halides is 1. The van der Waals surface area contributed by atoms with Crippen molar-refractivity contribution in [3.05, 3.63) is 39.9 Å². The zero-order valence-electron chi connectivity index (χ0n) is 9.58. The fraction of sp³-hybridized carbons (Fsp3) is 0.300. The summed E-state index contributed by atoms with van der Waals surface area (Å²) in [6.45, 7) is 1.08. The van der Waals surface area contributed by atoms with Crippen LogP contribution in [-0.2, 0) is 9.84 Å². The van der Waals surface area contributed by atoms with Crippen molar-refractivity contribution in [3.63, 3.8) is 0 Å². The molecule has 0 radical (unpaired) electrons. The summed E-state index contributed by atoms with van der Waals surface area (Å²) in [6, 6.07) is 4.57. The van der Waals surface area contributed by atoms with E-state index in [1.54, 1.807) is 0 Å². The van der Waals surface area contributed by atoms with Gasteiger partial charge in [0.25, 0.3) is 5.69 Å². The van der Waals surface area contributed by atoms with Crippen LogP contribution < -0.4 is 0 Å². The van der Waals surface area contributed by atoms with E-state index >= 15 is 0 Å². The van der Waals surface area contributed by atoms with Gasteiger partial charge in [0, 0.05) is 24.0 Å². The van der Waals surface area contributed by atoms with Gasteiger partial charge in [-0.25, -0.2) is 8.42 Å². The van der Waals surface area contributed by atoms with E-state index in [0.717, 1.165) is 25.3 Å². The van der Waals surface area contributed by atoms with Gasteiger partial charge in [0.15, 0.2) is 15.6 Å². The first-order chi connectivity index (χ1) is 8.07. The Kier molecular flexibility index (Phi) is 3.78. The Morgan fingerprint density at radius 3 is 2.11 bits per heavy atom. The molecule has 98 valence electrons. The zero-order valence-corrected chi connectivity index (χ0v) is 11.2. The third-order valence-corrected chi connectivity index (χ3v) is 5.03. The predicted molar refractivity (Wildman–Crippen MR) is 66.5 cm³/mol. The minimum Gasteiger partial charge on any atom is -0.291 e. The van der Waals surface area contributed by atoms with Crippen molar-refractivity contribution in [1.82, 2.24) is 0 Å². The summed E-state index contributed by atoms with van der Waals surface area (Å²) in [5.74, 6) is -0.818. The van der Waals surface area contributed by atoms with Crippen LogP contribution in [0.1, 0.15) is 17.3 Å². The Hall–Kier alpha value is -1.47. The number of rotatable bonds is 4. The lowest BCUT2D eigenvalue weighted by atomic mass is 10.1. The van der Waals surface area contributed by atoms with Gasteiger partial charge in [-0.1, -0.05) is 11.6 Å². The van der Waals surface area contributed by atoms with E-state index < -0.39 is 24.8 Å². The number of ketones is 1. The summed E-state index contributed by atoms with van der Waals surface area (Å²) < 4.78 is 20.7. The van der Waals surface area contributed by atoms with Crippen LogP contribution in [0.2, 0.25) is 0 Å². The summed E-state index contributed by atoms with van der Waals surface area (Å²) in [5.41, 5.74) is -0.189. The van der Waals surface area contributed by atoms with E-state index in [1.807, 2.05) is 0 Å². The van der Waals surface area contributed by atoms with Gasteiger partial charge in [-0.3, -0.25) is 14.9 Å². The highest BCUT2D eigenvalue weighted by molar-refractivity contribution is 7.94. The number of sulfone groups is 1. The van der Waals surface area contributed by atoms with E-state index in [4.69, 9.17) is 11.6 Å². The summed E-state index contributed by atoms with van der Waals surface area (Å²) in [7, 11) is -3.79. The minimum atomic E-state index is -3.79. The lowest BCUT2D eigenvalue weighted by molar-refractivity contribution is -0.384. The van der Waals surface area contributed by atoms with Gasteiger partial charge in [0.05, 0.1) is 4.92 Å². The van der Waals surface area contributed by atoms with Gasteiger partial charge in [-0.15, -0.1) is 0 Å². The van der Waals surface area contributed by atoms with Crippen LogP contribution in [0.3, 0.4) is 0 Å². The average molecular weight is 292 g/mol. The van der Waals surface area contributed by atoms with Crippen molar-refractivity contribution in [2.24, 2.45) is 0 Å². The SMILES string of the molecule is CC(Cl)(C(=O)c1ccc([N+](=O)[O-])cc1)S(C)(=O)=O. The molecule has 0 N–H and O–H groups in total. The molecule has 0 amide bonds. The Morgan fingerprint density at radius 1 is 1.33 bits per heavy atom. The molecule has 1 unspecified atom stereocenters. The highest BCUT2D eigenvalue weighted by Crippen LogP contribution is 2.27. The van der Waals surface area contributed by atoms with Crippen LogP contribution in [-0.4, -0.2) is 29.6 Å². The average Bonchev–Trinajstić information content (AvgIpc) is 2.26. The van der Waals surface area contributed by atoms with E-state index in [9.17, 15) is 23.3 Å². The molecule has 8 heteroatoms. The molecular weight excluding hydrogens is 282 g/mol. The van der Waals surface area contributed by atoms with Crippen molar-refractivity contribution in [1.29, 1.82) is 0 Å². The molecule has 0 aliphatic rings. The third kappa shape index (κ3) is 2.68. The summed E-state index contributed by atoms with van der Waals surface area (Å²) in [5, 5.41) is 10.4. The molecule has 18 heavy (non-hydrogen) atoms. The van der Waals surface area contributed by atoms with Crippen molar-refractivity contribution < 1.29 is 18.1 Å². The standard InChI is InChI=1S/C10H10ClNO5S/c1-10(11,18(2,16)17)9(13)7-3-5-8(6-4-7)12(14)15/h3-6H,1-2H3. The van der Waals surface area contributed by atoms with Crippen LogP contribution in [0.4, 0.5) is 5.69 Å². The molecule has 0 saturated carbocycles. The number of nitro benzene ring substituents is 1. The Balaban J connectivity index is 3.17. The molecule has 0 spiro atoms. The molecule has 0 aliphatic heterocycles. The minimum absolute atomic E-state index is 0.00326. The quantitative estimate of drug-likeness (QED) is 0.365. The first-order valence-electron chi connectivity index (χ1n) is 4.75. The second kappa shape index (κ2) is 4.66. The normalized spacial score (nSPS) is 14.8. The second-order valence-electron chi connectivity index (χ2n) is 3.82. The van der Waals surface area contributed by atoms with Crippen molar-refractivity contribution >= 4 is 32.9 Å². The fourth-order valence-corrected chi connectivity index (χ4v) is 1.72. The van der Waals surface area contributed by atoms with E-state index in [2.05, 4.69) is 0 Å². The maximum Gasteiger partial charge on any atom is 0.269 e. The molecule has 0 fully saturated rings. The van der Waals surface area contributed by atoms with Gasteiger partial charge in [-0.05, 0) is 19.1 Å². The summed E-state index contributed by atoms with van der Waals surface area (Å²) in [6.07, 6.45) is 0.850. The smallest absolute Gasteiger partial charge is 0.269 e. The van der Waals surface area contributed by atoms with E-state index in [-0.39, 0.29) is 11.3 Å². The zero-order chi connectivity index (χ0) is 14.1. The number of hydrogen-bond donors (Lipinski definition) is 0. The van der Waals surface area contributed by atoms with Crippen LogP contribution in [0.15, 0.2) is 24.3 Å². The number of non-ortho nitro benzene ring substituents is 1. The molecule has 1 aromatic rings. The van der Waals surface area contributed by atoms with Crippen LogP contribution >= 0.6 is 11.6 Å². The number of Topliss-reactive ketones (excluding diaryl/α,β-unsaturated/α-hetero) is 1. The van der Waals surface area contributed by atoms with E-state index in [1.165, 1.54) is 12.1 Å². The second-order valence-corrected chi connectivity index (χ2v) is 7.16. The molecule has 1 aromatic carbocycles. The largest absolute Gasteiger partial charge is 0.291 e. The molecule has 0 bridgehead atoms. The maximum absolute atomic E-state index is 11.9. The van der Waals surface area contributed by atoms with Gasteiger partial charge >= 0.3 is 0 Å².